The molecular weight excluding hydrogens is 289 g/mol. The van der Waals surface area contributed by atoms with Gasteiger partial charge in [0.2, 0.25) is 0 Å². The molecule has 1 N–H and O–H groups in total. The quantitative estimate of drug-likeness (QED) is 0.769. The van der Waals surface area contributed by atoms with Gasteiger partial charge in [-0.05, 0) is 42.7 Å². The summed E-state index contributed by atoms with van der Waals surface area (Å²) in [4.78, 5) is 0. The van der Waals surface area contributed by atoms with E-state index in [2.05, 4.69) is 26.1 Å². The SMILES string of the molecule is CC1CCC(C(C)C)C(NCc2c(Cl)cccc2Cl)C1. The van der Waals surface area contributed by atoms with Crippen molar-refractivity contribution >= 4 is 23.2 Å². The third kappa shape index (κ3) is 3.90. The molecule has 3 atom stereocenters. The van der Waals surface area contributed by atoms with Crippen LogP contribution in [0.4, 0.5) is 0 Å². The van der Waals surface area contributed by atoms with E-state index in [4.69, 9.17) is 23.2 Å². The number of hydrogen-bond acceptors (Lipinski definition) is 1. The van der Waals surface area contributed by atoms with Crippen LogP contribution in [0.5, 0.6) is 0 Å². The summed E-state index contributed by atoms with van der Waals surface area (Å²) >= 11 is 12.5. The molecule has 1 aliphatic rings. The van der Waals surface area contributed by atoms with Gasteiger partial charge in [0, 0.05) is 28.2 Å². The minimum atomic E-state index is 0.575. The van der Waals surface area contributed by atoms with Crippen LogP contribution in [0.2, 0.25) is 10.0 Å². The summed E-state index contributed by atoms with van der Waals surface area (Å²) in [5, 5.41) is 5.23. The molecule has 1 aromatic rings. The fraction of sp³-hybridized carbons (Fsp3) is 0.647. The molecule has 0 aromatic heterocycles. The summed E-state index contributed by atoms with van der Waals surface area (Å²) < 4.78 is 0. The van der Waals surface area contributed by atoms with Crippen molar-refractivity contribution in [3.8, 4) is 0 Å². The normalized spacial score (nSPS) is 27.0. The zero-order valence-corrected chi connectivity index (χ0v) is 14.1. The molecule has 0 heterocycles. The number of hydrogen-bond donors (Lipinski definition) is 1. The fourth-order valence-electron chi connectivity index (χ4n) is 3.37. The first-order chi connectivity index (χ1) is 9.49. The van der Waals surface area contributed by atoms with E-state index in [1.54, 1.807) is 0 Å². The monoisotopic (exact) mass is 313 g/mol. The molecule has 1 aliphatic carbocycles. The van der Waals surface area contributed by atoms with Crippen LogP contribution in [0.3, 0.4) is 0 Å². The van der Waals surface area contributed by atoms with Crippen LogP contribution in [0.25, 0.3) is 0 Å². The van der Waals surface area contributed by atoms with E-state index in [0.717, 1.165) is 39.9 Å². The van der Waals surface area contributed by atoms with Crippen molar-refractivity contribution in [1.82, 2.24) is 5.32 Å². The van der Waals surface area contributed by atoms with Gasteiger partial charge in [0.05, 0.1) is 0 Å². The molecule has 1 aromatic carbocycles. The maximum Gasteiger partial charge on any atom is 0.0465 e. The van der Waals surface area contributed by atoms with Crippen molar-refractivity contribution in [2.75, 3.05) is 0 Å². The van der Waals surface area contributed by atoms with Crippen LogP contribution in [0.1, 0.15) is 45.6 Å². The number of rotatable bonds is 4. The first-order valence-corrected chi connectivity index (χ1v) is 8.41. The van der Waals surface area contributed by atoms with Crippen LogP contribution in [-0.2, 0) is 6.54 Å². The summed E-state index contributed by atoms with van der Waals surface area (Å²) in [6, 6.07) is 6.29. The summed E-state index contributed by atoms with van der Waals surface area (Å²) in [6.45, 7) is 7.78. The zero-order chi connectivity index (χ0) is 14.7. The smallest absolute Gasteiger partial charge is 0.0465 e. The predicted molar refractivity (Wildman–Crippen MR) is 88.4 cm³/mol. The molecule has 20 heavy (non-hydrogen) atoms. The molecule has 0 amide bonds. The Hall–Kier alpha value is -0.240. The molecule has 3 unspecified atom stereocenters. The van der Waals surface area contributed by atoms with E-state index in [9.17, 15) is 0 Å². The van der Waals surface area contributed by atoms with Gasteiger partial charge in [0.1, 0.15) is 0 Å². The van der Waals surface area contributed by atoms with Crippen molar-refractivity contribution in [1.29, 1.82) is 0 Å². The van der Waals surface area contributed by atoms with Gasteiger partial charge in [-0.3, -0.25) is 0 Å². The van der Waals surface area contributed by atoms with Crippen LogP contribution in [-0.4, -0.2) is 6.04 Å². The standard InChI is InChI=1S/C17H25Cl2N/c1-11(2)13-8-7-12(3)9-17(13)20-10-14-15(18)5-4-6-16(14)19/h4-6,11-13,17,20H,7-10H2,1-3H3. The third-order valence-electron chi connectivity index (χ3n) is 4.62. The molecule has 1 fully saturated rings. The molecule has 0 bridgehead atoms. The van der Waals surface area contributed by atoms with Gasteiger partial charge in [0.25, 0.3) is 0 Å². The Bertz CT molecular complexity index is 424. The second kappa shape index (κ2) is 7.15. The van der Waals surface area contributed by atoms with E-state index in [1.807, 2.05) is 18.2 Å². The summed E-state index contributed by atoms with van der Waals surface area (Å²) in [7, 11) is 0. The molecule has 0 aliphatic heterocycles. The van der Waals surface area contributed by atoms with Gasteiger partial charge in [-0.2, -0.15) is 0 Å². The first kappa shape index (κ1) is 16.1. The average molecular weight is 314 g/mol. The fourth-order valence-corrected chi connectivity index (χ4v) is 3.90. The minimum absolute atomic E-state index is 0.575. The molecular formula is C17H25Cl2N. The highest BCUT2D eigenvalue weighted by Crippen LogP contribution is 2.34. The Morgan fingerprint density at radius 1 is 1.20 bits per heavy atom. The molecule has 0 spiro atoms. The highest BCUT2D eigenvalue weighted by atomic mass is 35.5. The number of halogens is 2. The van der Waals surface area contributed by atoms with Gasteiger partial charge in [-0.15, -0.1) is 0 Å². The second-order valence-corrected chi connectivity index (χ2v) is 7.33. The Balaban J connectivity index is 2.04. The van der Waals surface area contributed by atoms with Crippen LogP contribution in [0, 0.1) is 17.8 Å². The molecule has 0 saturated heterocycles. The summed E-state index contributed by atoms with van der Waals surface area (Å²) in [5.41, 5.74) is 1.02. The molecule has 0 radical (unpaired) electrons. The topological polar surface area (TPSA) is 12.0 Å². The lowest BCUT2D eigenvalue weighted by Crippen LogP contribution is -2.42. The molecule has 1 saturated carbocycles. The predicted octanol–water partition coefficient (Wildman–Crippen LogP) is 5.54. The Kier molecular flexibility index (Phi) is 5.77. The van der Waals surface area contributed by atoms with Crippen molar-refractivity contribution in [3.05, 3.63) is 33.8 Å². The Labute approximate surface area is 133 Å². The van der Waals surface area contributed by atoms with Gasteiger partial charge in [0.15, 0.2) is 0 Å². The lowest BCUT2D eigenvalue weighted by molar-refractivity contribution is 0.169. The molecule has 112 valence electrons. The Morgan fingerprint density at radius 3 is 2.45 bits per heavy atom. The van der Waals surface area contributed by atoms with Gasteiger partial charge in [-0.25, -0.2) is 0 Å². The van der Waals surface area contributed by atoms with Gasteiger partial charge in [-0.1, -0.05) is 56.5 Å². The minimum Gasteiger partial charge on any atom is -0.310 e. The van der Waals surface area contributed by atoms with Gasteiger partial charge < -0.3 is 5.32 Å². The van der Waals surface area contributed by atoms with Crippen LogP contribution >= 0.6 is 23.2 Å². The largest absolute Gasteiger partial charge is 0.310 e. The number of benzene rings is 1. The maximum atomic E-state index is 6.25. The van der Waals surface area contributed by atoms with E-state index in [-0.39, 0.29) is 0 Å². The summed E-state index contributed by atoms with van der Waals surface area (Å²) in [5.74, 6) is 2.29. The van der Waals surface area contributed by atoms with Crippen LogP contribution in [0.15, 0.2) is 18.2 Å². The van der Waals surface area contributed by atoms with Gasteiger partial charge >= 0.3 is 0 Å². The third-order valence-corrected chi connectivity index (χ3v) is 5.33. The highest BCUT2D eigenvalue weighted by molar-refractivity contribution is 6.35. The van der Waals surface area contributed by atoms with E-state index in [0.29, 0.717) is 6.04 Å². The van der Waals surface area contributed by atoms with E-state index >= 15 is 0 Å². The van der Waals surface area contributed by atoms with Crippen molar-refractivity contribution in [3.63, 3.8) is 0 Å². The highest BCUT2D eigenvalue weighted by Gasteiger charge is 2.30. The van der Waals surface area contributed by atoms with E-state index in [1.165, 1.54) is 19.3 Å². The molecule has 2 rings (SSSR count). The zero-order valence-electron chi connectivity index (χ0n) is 12.6. The van der Waals surface area contributed by atoms with Crippen molar-refractivity contribution < 1.29 is 0 Å². The maximum absolute atomic E-state index is 6.25. The summed E-state index contributed by atoms with van der Waals surface area (Å²) in [6.07, 6.45) is 3.94. The van der Waals surface area contributed by atoms with E-state index < -0.39 is 0 Å². The first-order valence-electron chi connectivity index (χ1n) is 7.65. The average Bonchev–Trinajstić information content (AvgIpc) is 2.37. The van der Waals surface area contributed by atoms with Crippen molar-refractivity contribution in [2.45, 2.75) is 52.6 Å². The van der Waals surface area contributed by atoms with Crippen LogP contribution < -0.4 is 5.32 Å². The lowest BCUT2D eigenvalue weighted by Gasteiger charge is -2.38. The molecule has 3 heteroatoms. The van der Waals surface area contributed by atoms with Crippen molar-refractivity contribution in [2.24, 2.45) is 17.8 Å². The lowest BCUT2D eigenvalue weighted by atomic mass is 9.74. The number of nitrogens with one attached hydrogen (secondary N) is 1. The molecule has 1 nitrogen and oxygen atoms in total. The second-order valence-electron chi connectivity index (χ2n) is 6.51. The Morgan fingerprint density at radius 2 is 1.85 bits per heavy atom.